The first kappa shape index (κ1) is 18.8. The minimum atomic E-state index is -3.66. The average molecular weight is 412 g/mol. The third-order valence-electron chi connectivity index (χ3n) is 3.26. The van der Waals surface area contributed by atoms with E-state index in [9.17, 15) is 8.42 Å². The number of pyridine rings is 2. The summed E-state index contributed by atoms with van der Waals surface area (Å²) in [7, 11) is -3.66. The van der Waals surface area contributed by atoms with Crippen LogP contribution in [-0.2, 0) is 16.7 Å². The predicted octanol–water partition coefficient (Wildman–Crippen LogP) is 0.788. The Kier molecular flexibility index (Phi) is 5.96. The van der Waals surface area contributed by atoms with E-state index in [4.69, 9.17) is 4.55 Å². The van der Waals surface area contributed by atoms with E-state index < -0.39 is 10.1 Å². The van der Waals surface area contributed by atoms with E-state index >= 15 is 0 Å². The molecule has 0 saturated heterocycles. The van der Waals surface area contributed by atoms with Crippen molar-refractivity contribution in [2.75, 3.05) is 5.75 Å². The third kappa shape index (κ3) is 4.53. The monoisotopic (exact) mass is 412 g/mol. The fourth-order valence-electron chi connectivity index (χ4n) is 2.20. The Morgan fingerprint density at radius 1 is 1.29 bits per heavy atom. The molecule has 0 bridgehead atoms. The fraction of sp³-hybridized carbons (Fsp3) is 0.400. The summed E-state index contributed by atoms with van der Waals surface area (Å²) in [5, 5.41) is 0. The van der Waals surface area contributed by atoms with Crippen LogP contribution in [0, 0.1) is 5.92 Å². The maximum absolute atomic E-state index is 9.56. The Labute approximate surface area is 149 Å². The van der Waals surface area contributed by atoms with Gasteiger partial charge in [0, 0.05) is 0 Å². The largest absolute Gasteiger partial charge is 0.286 e. The summed E-state index contributed by atoms with van der Waals surface area (Å²) >= 11 is 1.51. The van der Waals surface area contributed by atoms with Crippen LogP contribution in [-0.4, -0.2) is 55.1 Å². The van der Waals surface area contributed by atoms with Crippen LogP contribution in [0.25, 0.3) is 22.1 Å². The maximum Gasteiger partial charge on any atom is 0.264 e. The van der Waals surface area contributed by atoms with Crippen LogP contribution in [0.1, 0.15) is 20.8 Å². The van der Waals surface area contributed by atoms with Crippen molar-refractivity contribution in [2.24, 2.45) is 5.92 Å². The summed E-state index contributed by atoms with van der Waals surface area (Å²) in [6, 6.07) is 3.94. The first-order valence-corrected chi connectivity index (χ1v) is 10.3. The van der Waals surface area contributed by atoms with Gasteiger partial charge in [-0.1, -0.05) is 0 Å². The Morgan fingerprint density at radius 3 is 2.54 bits per heavy atom. The molecule has 0 aliphatic heterocycles. The number of aromatic nitrogens is 4. The molecule has 3 aromatic heterocycles. The molecule has 0 aliphatic carbocycles. The number of hydrogen-bond acceptors (Lipinski definition) is 5. The van der Waals surface area contributed by atoms with Crippen LogP contribution < -0.4 is 4.48 Å². The summed E-state index contributed by atoms with van der Waals surface area (Å²) in [6.07, 6.45) is 3.72. The molecule has 130 valence electrons. The fourth-order valence-corrected chi connectivity index (χ4v) is 2.94. The predicted molar refractivity (Wildman–Crippen MR) is 97.9 cm³/mol. The molecule has 3 aromatic rings. The van der Waals surface area contributed by atoms with Gasteiger partial charge in [-0.3, -0.25) is 4.55 Å². The molecular formula is C15H21AsN4O3S. The quantitative estimate of drug-likeness (QED) is 0.505. The van der Waals surface area contributed by atoms with Gasteiger partial charge in [0.25, 0.3) is 10.1 Å². The Balaban J connectivity index is 0.000000301. The molecule has 0 radical (unpaired) electrons. The van der Waals surface area contributed by atoms with Crippen molar-refractivity contribution in [3.8, 4) is 0 Å². The molecule has 0 spiro atoms. The van der Waals surface area contributed by atoms with Crippen LogP contribution in [0.2, 0.25) is 0 Å². The third-order valence-corrected chi connectivity index (χ3v) is 4.83. The van der Waals surface area contributed by atoms with Crippen LogP contribution >= 0.6 is 0 Å². The van der Waals surface area contributed by atoms with Crippen molar-refractivity contribution in [1.29, 1.82) is 0 Å². The molecular weight excluding hydrogens is 391 g/mol. The number of imidazole rings is 1. The second-order valence-corrected chi connectivity index (χ2v) is 8.62. The van der Waals surface area contributed by atoms with E-state index in [0.717, 1.165) is 33.1 Å². The van der Waals surface area contributed by atoms with E-state index in [1.54, 1.807) is 0 Å². The molecule has 7 nitrogen and oxygen atoms in total. The number of rotatable bonds is 3. The summed E-state index contributed by atoms with van der Waals surface area (Å²) < 4.78 is 30.1. The van der Waals surface area contributed by atoms with Crippen LogP contribution in [0.3, 0.4) is 0 Å². The van der Waals surface area contributed by atoms with E-state index in [1.165, 1.54) is 23.8 Å². The molecule has 0 amide bonds. The van der Waals surface area contributed by atoms with Gasteiger partial charge in [0.2, 0.25) is 0 Å². The molecule has 0 fully saturated rings. The smallest absolute Gasteiger partial charge is 0.264 e. The second-order valence-electron chi connectivity index (χ2n) is 5.73. The van der Waals surface area contributed by atoms with Crippen molar-refractivity contribution in [1.82, 2.24) is 19.5 Å². The molecule has 0 aliphatic rings. The van der Waals surface area contributed by atoms with Gasteiger partial charge in [0.1, 0.15) is 0 Å². The van der Waals surface area contributed by atoms with Crippen molar-refractivity contribution in [3.63, 3.8) is 0 Å². The Bertz CT molecular complexity index is 954. The van der Waals surface area contributed by atoms with Gasteiger partial charge in [-0.15, -0.1) is 0 Å². The Hall–Kier alpha value is -1.50. The summed E-state index contributed by atoms with van der Waals surface area (Å²) in [5.74, 6) is 0.382. The zero-order valence-electron chi connectivity index (χ0n) is 13.8. The van der Waals surface area contributed by atoms with Gasteiger partial charge in [-0.25, -0.2) is 0 Å². The van der Waals surface area contributed by atoms with E-state index in [0.29, 0.717) is 5.92 Å². The van der Waals surface area contributed by atoms with Gasteiger partial charge in [0.05, 0.1) is 5.75 Å². The molecule has 0 saturated carbocycles. The number of hydrogen-bond donors (Lipinski definition) is 1. The molecule has 3 rings (SSSR count). The summed E-state index contributed by atoms with van der Waals surface area (Å²) in [4.78, 5) is 13.6. The van der Waals surface area contributed by atoms with Crippen molar-refractivity contribution >= 4 is 53.5 Å². The zero-order valence-corrected chi connectivity index (χ0v) is 17.1. The van der Waals surface area contributed by atoms with Crippen LogP contribution in [0.4, 0.5) is 0 Å². The van der Waals surface area contributed by atoms with Gasteiger partial charge in [0.15, 0.2) is 0 Å². The minimum absolute atomic E-state index is 0.201. The molecule has 24 heavy (non-hydrogen) atoms. The standard InChI is InChI=1S/C13H15AsN4.C2H6O3S/c1-8(2)6-18-7-16-11-12(18)10-9(17-13(11)14)4-3-5-15-10;1-2-6(3,4)5/h3-5,7-8H,6,14H2,1-2H3;2H2,1H3,(H,3,4,5). The maximum atomic E-state index is 9.56. The second kappa shape index (κ2) is 7.59. The molecule has 3 heterocycles. The molecule has 1 N–H and O–H groups in total. The molecule has 9 heteroatoms. The van der Waals surface area contributed by atoms with Crippen LogP contribution in [0.5, 0.6) is 0 Å². The zero-order chi connectivity index (χ0) is 17.9. The molecule has 0 aromatic carbocycles. The van der Waals surface area contributed by atoms with Gasteiger partial charge in [-0.2, -0.15) is 8.42 Å². The average Bonchev–Trinajstić information content (AvgIpc) is 2.91. The topological polar surface area (TPSA) is 98.0 Å². The Morgan fingerprint density at radius 2 is 1.96 bits per heavy atom. The summed E-state index contributed by atoms with van der Waals surface area (Å²) in [6.45, 7) is 6.74. The first-order valence-electron chi connectivity index (χ1n) is 7.53. The molecule has 1 unspecified atom stereocenters. The van der Waals surface area contributed by atoms with E-state index in [2.05, 4.69) is 33.4 Å². The van der Waals surface area contributed by atoms with Crippen molar-refractivity contribution in [3.05, 3.63) is 24.7 Å². The minimum Gasteiger partial charge on any atom is -0.286 e. The van der Waals surface area contributed by atoms with E-state index in [1.807, 2.05) is 24.7 Å². The van der Waals surface area contributed by atoms with Gasteiger partial charge in [-0.05, 0) is 6.92 Å². The van der Waals surface area contributed by atoms with Gasteiger partial charge >= 0.3 is 114 Å². The normalized spacial score (nSPS) is 11.8. The SMILES string of the molecule is CC(C)Cn1cnc2c([AsH2])nc3cccnc3c21.CCS(=O)(=O)O. The molecule has 1 atom stereocenters. The van der Waals surface area contributed by atoms with E-state index in [-0.39, 0.29) is 5.75 Å². The van der Waals surface area contributed by atoms with Crippen molar-refractivity contribution in [2.45, 2.75) is 27.3 Å². The number of fused-ring (bicyclic) bond motifs is 3. The first-order chi connectivity index (χ1) is 11.2. The summed E-state index contributed by atoms with van der Waals surface area (Å²) in [5.41, 5.74) is 4.01. The van der Waals surface area contributed by atoms with Crippen molar-refractivity contribution < 1.29 is 13.0 Å². The number of nitrogens with zero attached hydrogens (tertiary/aromatic N) is 4. The van der Waals surface area contributed by atoms with Crippen LogP contribution in [0.15, 0.2) is 24.7 Å². The van der Waals surface area contributed by atoms with Gasteiger partial charge < -0.3 is 0 Å².